The van der Waals surface area contributed by atoms with E-state index < -0.39 is 0 Å². The second-order valence-electron chi connectivity index (χ2n) is 2.54. The van der Waals surface area contributed by atoms with E-state index in [1.807, 2.05) is 18.7 Å². The van der Waals surface area contributed by atoms with Gasteiger partial charge in [0.15, 0.2) is 5.78 Å². The van der Waals surface area contributed by atoms with E-state index in [0.29, 0.717) is 13.2 Å². The molecule has 2 nitrogen and oxygen atoms in total. The number of rotatable bonds is 4. The van der Waals surface area contributed by atoms with E-state index in [1.54, 1.807) is 11.8 Å². The predicted octanol–water partition coefficient (Wildman–Crippen LogP) is 1.44. The lowest BCUT2D eigenvalue weighted by molar-refractivity contribution is -0.122. The Hall–Kier alpha value is 0.330. The van der Waals surface area contributed by atoms with Crippen molar-refractivity contribution in [2.75, 3.05) is 30.5 Å². The molecule has 1 heterocycles. The Labute approximate surface area is 81.8 Å². The molecule has 1 aliphatic heterocycles. The van der Waals surface area contributed by atoms with Crippen LogP contribution in [-0.4, -0.2) is 41.5 Å². The summed E-state index contributed by atoms with van der Waals surface area (Å²) in [5, 5.41) is 0.190. The summed E-state index contributed by atoms with van der Waals surface area (Å²) in [6, 6.07) is 0. The van der Waals surface area contributed by atoms with Crippen molar-refractivity contribution < 1.29 is 9.53 Å². The highest BCUT2D eigenvalue weighted by atomic mass is 32.2. The van der Waals surface area contributed by atoms with Gasteiger partial charge in [0.25, 0.3) is 0 Å². The average Bonchev–Trinajstić information content (AvgIpc) is 2.15. The van der Waals surface area contributed by atoms with Gasteiger partial charge >= 0.3 is 0 Å². The van der Waals surface area contributed by atoms with Crippen molar-refractivity contribution in [2.24, 2.45) is 0 Å². The maximum Gasteiger partial charge on any atom is 0.172 e. The van der Waals surface area contributed by atoms with Gasteiger partial charge in [-0.15, -0.1) is 11.8 Å². The van der Waals surface area contributed by atoms with Crippen molar-refractivity contribution in [3.63, 3.8) is 0 Å². The van der Waals surface area contributed by atoms with Crippen molar-refractivity contribution in [1.82, 2.24) is 0 Å². The molecule has 1 unspecified atom stereocenters. The number of carbonyl (C=O) groups is 1. The zero-order chi connectivity index (χ0) is 8.81. The molecule has 0 aliphatic carbocycles. The molecule has 1 rings (SSSR count). The highest BCUT2D eigenvalue weighted by Crippen LogP contribution is 2.24. The fourth-order valence-corrected chi connectivity index (χ4v) is 3.60. The normalized spacial score (nSPS) is 23.9. The lowest BCUT2D eigenvalue weighted by Gasteiger charge is -2.19. The van der Waals surface area contributed by atoms with Crippen LogP contribution in [0.25, 0.3) is 0 Å². The molecule has 1 saturated heterocycles. The van der Waals surface area contributed by atoms with Crippen LogP contribution < -0.4 is 0 Å². The summed E-state index contributed by atoms with van der Waals surface area (Å²) in [6.45, 7) is 2.85. The SMILES string of the molecule is CCOCC(=O)C1CSCCS1. The second-order valence-corrected chi connectivity index (χ2v) is 5.00. The summed E-state index contributed by atoms with van der Waals surface area (Å²) in [7, 11) is 0. The van der Waals surface area contributed by atoms with E-state index in [1.165, 1.54) is 5.75 Å². The Kier molecular flexibility index (Phi) is 5.11. The standard InChI is InChI=1S/C8H14O2S2/c1-2-10-5-7(9)8-6-11-3-4-12-8/h8H,2-6H2,1H3. The van der Waals surface area contributed by atoms with Gasteiger partial charge < -0.3 is 4.74 Å². The molecule has 0 radical (unpaired) electrons. The van der Waals surface area contributed by atoms with Gasteiger partial charge in [0.2, 0.25) is 0 Å². The van der Waals surface area contributed by atoms with Gasteiger partial charge in [-0.3, -0.25) is 4.79 Å². The predicted molar refractivity (Wildman–Crippen MR) is 55.1 cm³/mol. The smallest absolute Gasteiger partial charge is 0.172 e. The van der Waals surface area contributed by atoms with Gasteiger partial charge in [0.1, 0.15) is 6.61 Å². The molecule has 4 heteroatoms. The third kappa shape index (κ3) is 3.37. The fourth-order valence-electron chi connectivity index (χ4n) is 0.969. The summed E-state index contributed by atoms with van der Waals surface area (Å²) in [5.74, 6) is 3.52. The van der Waals surface area contributed by atoms with Crippen LogP contribution in [0.5, 0.6) is 0 Å². The molecule has 0 aromatic heterocycles. The van der Waals surface area contributed by atoms with Crippen molar-refractivity contribution >= 4 is 29.3 Å². The molecule has 0 saturated carbocycles. The third-order valence-electron chi connectivity index (χ3n) is 1.62. The van der Waals surface area contributed by atoms with Gasteiger partial charge in [-0.1, -0.05) is 0 Å². The van der Waals surface area contributed by atoms with E-state index in [-0.39, 0.29) is 11.0 Å². The van der Waals surface area contributed by atoms with Gasteiger partial charge in [-0.05, 0) is 6.92 Å². The summed E-state index contributed by atoms with van der Waals surface area (Å²) >= 11 is 3.64. The fraction of sp³-hybridized carbons (Fsp3) is 0.875. The molecule has 0 spiro atoms. The number of ether oxygens (including phenoxy) is 1. The van der Waals surface area contributed by atoms with E-state index in [4.69, 9.17) is 4.74 Å². The molecule has 0 aromatic carbocycles. The molecule has 12 heavy (non-hydrogen) atoms. The highest BCUT2D eigenvalue weighted by molar-refractivity contribution is 8.07. The Morgan fingerprint density at radius 3 is 3.00 bits per heavy atom. The van der Waals surface area contributed by atoms with Crippen molar-refractivity contribution in [2.45, 2.75) is 12.2 Å². The molecule has 0 amide bonds. The second kappa shape index (κ2) is 5.89. The number of thioether (sulfide) groups is 2. The number of hydrogen-bond donors (Lipinski definition) is 0. The van der Waals surface area contributed by atoms with Crippen LogP contribution in [0.4, 0.5) is 0 Å². The number of ketones is 1. The van der Waals surface area contributed by atoms with Crippen LogP contribution in [0.2, 0.25) is 0 Å². The summed E-state index contributed by atoms with van der Waals surface area (Å²) in [4.78, 5) is 11.4. The molecular weight excluding hydrogens is 192 g/mol. The van der Waals surface area contributed by atoms with E-state index in [9.17, 15) is 4.79 Å². The largest absolute Gasteiger partial charge is 0.374 e. The molecule has 1 aliphatic rings. The zero-order valence-electron chi connectivity index (χ0n) is 7.25. The van der Waals surface area contributed by atoms with Crippen molar-refractivity contribution in [1.29, 1.82) is 0 Å². The van der Waals surface area contributed by atoms with Crippen LogP contribution in [0, 0.1) is 0 Å². The van der Waals surface area contributed by atoms with Gasteiger partial charge in [-0.2, -0.15) is 11.8 Å². The first-order valence-corrected chi connectivity index (χ1v) is 6.34. The Bertz CT molecular complexity index is 144. The minimum Gasteiger partial charge on any atom is -0.374 e. The van der Waals surface area contributed by atoms with Crippen LogP contribution in [0.15, 0.2) is 0 Å². The zero-order valence-corrected chi connectivity index (χ0v) is 8.88. The van der Waals surface area contributed by atoms with Crippen molar-refractivity contribution in [3.8, 4) is 0 Å². The van der Waals surface area contributed by atoms with Crippen LogP contribution in [0.3, 0.4) is 0 Å². The number of Topliss-reactive ketones (excluding diaryl/α,β-unsaturated/α-hetero) is 1. The lowest BCUT2D eigenvalue weighted by Crippen LogP contribution is -2.27. The third-order valence-corrected chi connectivity index (χ3v) is 4.43. The first-order valence-electron chi connectivity index (χ1n) is 4.14. The maximum atomic E-state index is 11.4. The van der Waals surface area contributed by atoms with E-state index >= 15 is 0 Å². The first kappa shape index (κ1) is 10.4. The number of carbonyl (C=O) groups excluding carboxylic acids is 1. The van der Waals surface area contributed by atoms with Crippen molar-refractivity contribution in [3.05, 3.63) is 0 Å². The Balaban J connectivity index is 2.20. The molecule has 0 aromatic rings. The molecule has 1 atom stereocenters. The minimum atomic E-state index is 0.190. The first-order chi connectivity index (χ1) is 5.84. The van der Waals surface area contributed by atoms with Gasteiger partial charge in [-0.25, -0.2) is 0 Å². The summed E-state index contributed by atoms with van der Waals surface area (Å²) in [6.07, 6.45) is 0. The van der Waals surface area contributed by atoms with Gasteiger partial charge in [0, 0.05) is 23.9 Å². The Morgan fingerprint density at radius 2 is 2.42 bits per heavy atom. The van der Waals surface area contributed by atoms with E-state index in [0.717, 1.165) is 11.5 Å². The summed E-state index contributed by atoms with van der Waals surface area (Å²) < 4.78 is 5.08. The molecule has 1 fully saturated rings. The average molecular weight is 206 g/mol. The van der Waals surface area contributed by atoms with Gasteiger partial charge in [0.05, 0.1) is 5.25 Å². The monoisotopic (exact) mass is 206 g/mol. The number of hydrogen-bond acceptors (Lipinski definition) is 4. The molecule has 0 bridgehead atoms. The quantitative estimate of drug-likeness (QED) is 0.695. The van der Waals surface area contributed by atoms with Crippen LogP contribution in [0.1, 0.15) is 6.92 Å². The van der Waals surface area contributed by atoms with E-state index in [2.05, 4.69) is 0 Å². The van der Waals surface area contributed by atoms with Crippen LogP contribution >= 0.6 is 23.5 Å². The molecule has 70 valence electrons. The summed E-state index contributed by atoms with van der Waals surface area (Å²) in [5.41, 5.74) is 0. The topological polar surface area (TPSA) is 26.3 Å². The van der Waals surface area contributed by atoms with Crippen LogP contribution in [-0.2, 0) is 9.53 Å². The highest BCUT2D eigenvalue weighted by Gasteiger charge is 2.21. The maximum absolute atomic E-state index is 11.4. The lowest BCUT2D eigenvalue weighted by atomic mass is 10.3. The Morgan fingerprint density at radius 1 is 1.58 bits per heavy atom. The minimum absolute atomic E-state index is 0.190. The molecule has 0 N–H and O–H groups in total. The molecular formula is C8H14O2S2.